The molecule has 12 heavy (non-hydrogen) atoms. The minimum Gasteiger partial charge on any atom is -0.481 e. The molecule has 0 rings (SSSR count). The normalized spacial score (nSPS) is 12.5. The summed E-state index contributed by atoms with van der Waals surface area (Å²) in [5, 5.41) is 8.70. The summed E-state index contributed by atoms with van der Waals surface area (Å²) in [5.74, 6) is -1.36. The van der Waals surface area contributed by atoms with Gasteiger partial charge >= 0.3 is 5.97 Å². The molecule has 0 aromatic carbocycles. The second kappa shape index (κ2) is 5.75. The highest BCUT2D eigenvalue weighted by Crippen LogP contribution is 2.13. The Morgan fingerprint density at radius 2 is 2.00 bits per heavy atom. The number of carbonyl (C=O) groups is 2. The number of rotatable bonds is 6. The fraction of sp³-hybridized carbons (Fsp3) is 0.778. The Bertz CT molecular complexity index is 163. The van der Waals surface area contributed by atoms with E-state index in [-0.39, 0.29) is 12.2 Å². The van der Waals surface area contributed by atoms with E-state index in [2.05, 4.69) is 0 Å². The molecule has 70 valence electrons. The monoisotopic (exact) mass is 172 g/mol. The average molecular weight is 172 g/mol. The summed E-state index contributed by atoms with van der Waals surface area (Å²) in [7, 11) is 0. The lowest BCUT2D eigenvalue weighted by molar-refractivity contribution is -0.143. The molecule has 0 aromatic rings. The maximum atomic E-state index is 10.7. The Hall–Kier alpha value is -0.860. The van der Waals surface area contributed by atoms with Crippen LogP contribution in [-0.4, -0.2) is 16.9 Å². The second-order valence-corrected chi connectivity index (χ2v) is 3.08. The van der Waals surface area contributed by atoms with Gasteiger partial charge in [0.15, 0.2) is 0 Å². The van der Waals surface area contributed by atoms with E-state index in [0.29, 0.717) is 6.42 Å². The molecule has 0 spiro atoms. The smallest absolute Gasteiger partial charge is 0.306 e. The van der Waals surface area contributed by atoms with Gasteiger partial charge in [-0.25, -0.2) is 0 Å². The minimum absolute atomic E-state index is 0.0431. The number of carbonyl (C=O) groups excluding carboxylic acids is 1. The first kappa shape index (κ1) is 11.1. The van der Waals surface area contributed by atoms with Crippen molar-refractivity contribution in [2.75, 3.05) is 0 Å². The molecule has 0 aliphatic carbocycles. The van der Waals surface area contributed by atoms with Crippen molar-refractivity contribution in [3.63, 3.8) is 0 Å². The van der Waals surface area contributed by atoms with Crippen LogP contribution < -0.4 is 0 Å². The van der Waals surface area contributed by atoms with Crippen molar-refractivity contribution in [2.24, 2.45) is 5.92 Å². The van der Waals surface area contributed by atoms with E-state index >= 15 is 0 Å². The second-order valence-electron chi connectivity index (χ2n) is 3.08. The highest BCUT2D eigenvalue weighted by Gasteiger charge is 2.18. The Balaban J connectivity index is 3.87. The first-order chi connectivity index (χ1) is 5.57. The molecule has 0 heterocycles. The van der Waals surface area contributed by atoms with Crippen LogP contribution in [0.3, 0.4) is 0 Å². The number of unbranched alkanes of at least 4 members (excludes halogenated alkanes) is 1. The molecular weight excluding hydrogens is 156 g/mol. The summed E-state index contributed by atoms with van der Waals surface area (Å²) in [4.78, 5) is 21.2. The van der Waals surface area contributed by atoms with E-state index in [1.54, 1.807) is 0 Å². The molecule has 0 amide bonds. The lowest BCUT2D eigenvalue weighted by Gasteiger charge is -2.08. The van der Waals surface area contributed by atoms with Crippen LogP contribution >= 0.6 is 0 Å². The number of aliphatic carboxylic acids is 1. The molecule has 0 aliphatic heterocycles. The van der Waals surface area contributed by atoms with Gasteiger partial charge in [-0.2, -0.15) is 0 Å². The van der Waals surface area contributed by atoms with Crippen molar-refractivity contribution < 1.29 is 14.7 Å². The van der Waals surface area contributed by atoms with Gasteiger partial charge in [-0.05, 0) is 13.3 Å². The summed E-state index contributed by atoms with van der Waals surface area (Å²) in [6.45, 7) is 3.44. The zero-order valence-corrected chi connectivity index (χ0v) is 7.67. The topological polar surface area (TPSA) is 54.4 Å². The van der Waals surface area contributed by atoms with Crippen molar-refractivity contribution in [2.45, 2.75) is 39.5 Å². The largest absolute Gasteiger partial charge is 0.481 e. The van der Waals surface area contributed by atoms with Gasteiger partial charge in [0, 0.05) is 6.42 Å². The third-order valence-corrected chi connectivity index (χ3v) is 1.79. The lowest BCUT2D eigenvalue weighted by Crippen LogP contribution is -2.16. The molecule has 0 aromatic heterocycles. The van der Waals surface area contributed by atoms with Crippen LogP contribution in [-0.2, 0) is 9.59 Å². The zero-order valence-electron chi connectivity index (χ0n) is 7.67. The maximum Gasteiger partial charge on any atom is 0.306 e. The first-order valence-electron chi connectivity index (χ1n) is 4.30. The highest BCUT2D eigenvalue weighted by atomic mass is 16.4. The standard InChI is InChI=1S/C9H16O3/c1-3-4-5-8(9(11)12)6-7(2)10/h8H,3-6H2,1-2H3,(H,11,12)/t8-/m0/s1. The Morgan fingerprint density at radius 1 is 1.42 bits per heavy atom. The van der Waals surface area contributed by atoms with Crippen molar-refractivity contribution in [1.82, 2.24) is 0 Å². The first-order valence-corrected chi connectivity index (χ1v) is 4.30. The van der Waals surface area contributed by atoms with Crippen LogP contribution in [0, 0.1) is 5.92 Å². The molecular formula is C9H16O3. The molecule has 0 aliphatic rings. The van der Waals surface area contributed by atoms with Gasteiger partial charge in [-0.15, -0.1) is 0 Å². The summed E-state index contributed by atoms with van der Waals surface area (Å²) in [5.41, 5.74) is 0. The molecule has 0 saturated carbocycles. The van der Waals surface area contributed by atoms with Crippen LogP contribution in [0.15, 0.2) is 0 Å². The van der Waals surface area contributed by atoms with Crippen molar-refractivity contribution in [1.29, 1.82) is 0 Å². The third kappa shape index (κ3) is 4.88. The molecule has 0 radical (unpaired) electrons. The minimum atomic E-state index is -0.848. The van der Waals surface area contributed by atoms with E-state index in [1.165, 1.54) is 6.92 Å². The quantitative estimate of drug-likeness (QED) is 0.665. The van der Waals surface area contributed by atoms with Gasteiger partial charge < -0.3 is 9.90 Å². The molecule has 1 N–H and O–H groups in total. The Kier molecular flexibility index (Phi) is 5.34. The van der Waals surface area contributed by atoms with Crippen LogP contribution in [0.1, 0.15) is 39.5 Å². The van der Waals surface area contributed by atoms with Crippen LogP contribution in [0.25, 0.3) is 0 Å². The van der Waals surface area contributed by atoms with Gasteiger partial charge in [-0.1, -0.05) is 19.8 Å². The highest BCUT2D eigenvalue weighted by molar-refractivity contribution is 5.81. The van der Waals surface area contributed by atoms with Crippen LogP contribution in [0.5, 0.6) is 0 Å². The summed E-state index contributed by atoms with van der Waals surface area (Å²) in [6, 6.07) is 0. The molecule has 0 saturated heterocycles. The van der Waals surface area contributed by atoms with E-state index in [9.17, 15) is 9.59 Å². The van der Waals surface area contributed by atoms with Gasteiger partial charge in [-0.3, -0.25) is 4.79 Å². The number of ketones is 1. The van der Waals surface area contributed by atoms with Crippen molar-refractivity contribution in [3.05, 3.63) is 0 Å². The average Bonchev–Trinajstić information content (AvgIpc) is 1.96. The zero-order chi connectivity index (χ0) is 9.56. The Morgan fingerprint density at radius 3 is 2.33 bits per heavy atom. The molecule has 3 nitrogen and oxygen atoms in total. The van der Waals surface area contributed by atoms with Crippen molar-refractivity contribution >= 4 is 11.8 Å². The van der Waals surface area contributed by atoms with Crippen molar-refractivity contribution in [3.8, 4) is 0 Å². The number of hydrogen-bond donors (Lipinski definition) is 1. The molecule has 0 unspecified atom stereocenters. The molecule has 3 heteroatoms. The van der Waals surface area contributed by atoms with Gasteiger partial charge in [0.25, 0.3) is 0 Å². The summed E-state index contributed by atoms with van der Waals surface area (Å²) >= 11 is 0. The number of hydrogen-bond acceptors (Lipinski definition) is 2. The molecule has 0 bridgehead atoms. The SMILES string of the molecule is CCCC[C@@H](CC(C)=O)C(=O)O. The third-order valence-electron chi connectivity index (χ3n) is 1.79. The van der Waals surface area contributed by atoms with E-state index in [4.69, 9.17) is 5.11 Å². The van der Waals surface area contributed by atoms with Gasteiger partial charge in [0.1, 0.15) is 5.78 Å². The van der Waals surface area contributed by atoms with Gasteiger partial charge in [0.2, 0.25) is 0 Å². The predicted molar refractivity (Wildman–Crippen MR) is 45.9 cm³/mol. The van der Waals surface area contributed by atoms with Crippen LogP contribution in [0.2, 0.25) is 0 Å². The summed E-state index contributed by atoms with van der Waals surface area (Å²) in [6.07, 6.45) is 2.65. The molecule has 1 atom stereocenters. The fourth-order valence-electron chi connectivity index (χ4n) is 1.11. The number of Topliss-reactive ketones (excluding diaryl/α,β-unsaturated/α-hetero) is 1. The summed E-state index contributed by atoms with van der Waals surface area (Å²) < 4.78 is 0. The van der Waals surface area contributed by atoms with E-state index in [1.807, 2.05) is 6.92 Å². The Labute approximate surface area is 72.8 Å². The predicted octanol–water partition coefficient (Wildman–Crippen LogP) is 1.86. The van der Waals surface area contributed by atoms with Crippen LogP contribution in [0.4, 0.5) is 0 Å². The molecule has 0 fully saturated rings. The number of carboxylic acids is 1. The van der Waals surface area contributed by atoms with E-state index < -0.39 is 11.9 Å². The maximum absolute atomic E-state index is 10.7. The lowest BCUT2D eigenvalue weighted by atomic mass is 9.97. The van der Waals surface area contributed by atoms with Gasteiger partial charge in [0.05, 0.1) is 5.92 Å². The fourth-order valence-corrected chi connectivity index (χ4v) is 1.11. The van der Waals surface area contributed by atoms with E-state index in [0.717, 1.165) is 12.8 Å². The number of carboxylic acid groups (broad SMARTS) is 1.